The molecule has 0 saturated heterocycles. The summed E-state index contributed by atoms with van der Waals surface area (Å²) in [6.07, 6.45) is 0. The van der Waals surface area contributed by atoms with Crippen molar-refractivity contribution in [3.8, 4) is 22.8 Å². The minimum atomic E-state index is 0.858. The topological polar surface area (TPSA) is 57.4 Å². The number of nitrogens with zero attached hydrogens (tertiary/aromatic N) is 2. The maximum Gasteiger partial charge on any atom is 0.139 e. The molecular weight excluding hydrogens is 308 g/mol. The van der Waals surface area contributed by atoms with Crippen LogP contribution in [0.1, 0.15) is 5.56 Å². The number of benzene rings is 3. The Bertz CT molecular complexity index is 1150. The van der Waals surface area contributed by atoms with Gasteiger partial charge in [0.1, 0.15) is 11.6 Å². The van der Waals surface area contributed by atoms with Crippen LogP contribution in [0.4, 0.5) is 0 Å². The van der Waals surface area contributed by atoms with Crippen molar-refractivity contribution in [2.24, 2.45) is 0 Å². The van der Waals surface area contributed by atoms with E-state index in [0.29, 0.717) is 0 Å². The van der Waals surface area contributed by atoms with E-state index in [9.17, 15) is 0 Å². The van der Waals surface area contributed by atoms with E-state index in [1.54, 1.807) is 0 Å². The van der Waals surface area contributed by atoms with Crippen LogP contribution in [0.5, 0.6) is 0 Å². The Morgan fingerprint density at radius 1 is 0.640 bits per heavy atom. The highest BCUT2D eigenvalue weighted by atomic mass is 14.9. The summed E-state index contributed by atoms with van der Waals surface area (Å²) in [4.78, 5) is 16.4. The van der Waals surface area contributed by atoms with E-state index in [-0.39, 0.29) is 0 Å². The van der Waals surface area contributed by atoms with E-state index in [4.69, 9.17) is 9.97 Å². The first-order chi connectivity index (χ1) is 12.3. The summed E-state index contributed by atoms with van der Waals surface area (Å²) in [5.74, 6) is 1.72. The van der Waals surface area contributed by atoms with Crippen LogP contribution in [0, 0.1) is 6.92 Å². The molecule has 5 aromatic rings. The van der Waals surface area contributed by atoms with Crippen LogP contribution in [-0.4, -0.2) is 19.9 Å². The first-order valence-electron chi connectivity index (χ1n) is 8.29. The molecule has 120 valence electrons. The fourth-order valence-electron chi connectivity index (χ4n) is 3.22. The monoisotopic (exact) mass is 324 g/mol. The minimum absolute atomic E-state index is 0.858. The standard InChI is InChI=1S/C21H16N4/c1-13-10-11-14(20-22-16-6-2-3-7-17(16)23-20)15(12-13)21-24-18-8-4-5-9-19(18)25-21/h2-12H,1H3,(H,22,23)(H,24,25). The van der Waals surface area contributed by atoms with Crippen molar-refractivity contribution in [1.82, 2.24) is 19.9 Å². The molecule has 25 heavy (non-hydrogen) atoms. The highest BCUT2D eigenvalue weighted by Crippen LogP contribution is 2.32. The molecule has 0 amide bonds. The molecule has 0 radical (unpaired) electrons. The molecule has 4 nitrogen and oxygen atoms in total. The van der Waals surface area contributed by atoms with Crippen LogP contribution < -0.4 is 0 Å². The van der Waals surface area contributed by atoms with Crippen LogP contribution in [0.2, 0.25) is 0 Å². The van der Waals surface area contributed by atoms with Crippen molar-refractivity contribution < 1.29 is 0 Å². The summed E-state index contributed by atoms with van der Waals surface area (Å²) in [5, 5.41) is 0. The zero-order valence-electron chi connectivity index (χ0n) is 13.7. The van der Waals surface area contributed by atoms with Gasteiger partial charge >= 0.3 is 0 Å². The van der Waals surface area contributed by atoms with E-state index >= 15 is 0 Å². The number of hydrogen-bond donors (Lipinski definition) is 2. The number of imidazole rings is 2. The fraction of sp³-hybridized carbons (Fsp3) is 0.0476. The second-order valence-corrected chi connectivity index (χ2v) is 6.25. The molecule has 0 fully saturated rings. The summed E-state index contributed by atoms with van der Waals surface area (Å²) in [7, 11) is 0. The number of H-pyrrole nitrogens is 2. The summed E-state index contributed by atoms with van der Waals surface area (Å²) in [5.41, 5.74) is 7.29. The SMILES string of the molecule is Cc1ccc(-c2nc3ccccc3[nH]2)c(-c2nc3ccccc3[nH]2)c1. The van der Waals surface area contributed by atoms with Gasteiger partial charge in [-0.05, 0) is 37.3 Å². The van der Waals surface area contributed by atoms with Gasteiger partial charge in [0.15, 0.2) is 0 Å². The second kappa shape index (κ2) is 5.31. The largest absolute Gasteiger partial charge is 0.338 e. The van der Waals surface area contributed by atoms with E-state index in [1.807, 2.05) is 48.5 Å². The molecule has 0 bridgehead atoms. The molecular formula is C21H16N4. The number of hydrogen-bond acceptors (Lipinski definition) is 2. The van der Waals surface area contributed by atoms with Crippen LogP contribution in [0.15, 0.2) is 66.7 Å². The van der Waals surface area contributed by atoms with Gasteiger partial charge in [-0.15, -0.1) is 0 Å². The molecule has 3 aromatic carbocycles. The van der Waals surface area contributed by atoms with Crippen molar-refractivity contribution in [1.29, 1.82) is 0 Å². The van der Waals surface area contributed by atoms with Gasteiger partial charge in [0.05, 0.1) is 22.1 Å². The normalized spacial score (nSPS) is 11.4. The lowest BCUT2D eigenvalue weighted by molar-refractivity contribution is 1.29. The number of rotatable bonds is 2. The van der Waals surface area contributed by atoms with Crippen molar-refractivity contribution in [3.05, 3.63) is 72.3 Å². The third-order valence-corrected chi connectivity index (χ3v) is 4.46. The first kappa shape index (κ1) is 14.0. The molecule has 0 aliphatic rings. The summed E-state index contributed by atoms with van der Waals surface area (Å²) >= 11 is 0. The average molecular weight is 324 g/mol. The molecule has 2 N–H and O–H groups in total. The maximum absolute atomic E-state index is 4.77. The van der Waals surface area contributed by atoms with Gasteiger partial charge in [0.2, 0.25) is 0 Å². The molecule has 0 spiro atoms. The van der Waals surface area contributed by atoms with Crippen LogP contribution in [0.25, 0.3) is 44.8 Å². The van der Waals surface area contributed by atoms with E-state index in [2.05, 4.69) is 35.1 Å². The van der Waals surface area contributed by atoms with Crippen LogP contribution in [0.3, 0.4) is 0 Å². The highest BCUT2D eigenvalue weighted by molar-refractivity contribution is 5.87. The van der Waals surface area contributed by atoms with Gasteiger partial charge in [0.25, 0.3) is 0 Å². The van der Waals surface area contributed by atoms with Gasteiger partial charge in [0, 0.05) is 11.1 Å². The number of fused-ring (bicyclic) bond motifs is 2. The number of aromatic nitrogens is 4. The van der Waals surface area contributed by atoms with Gasteiger partial charge in [-0.3, -0.25) is 0 Å². The molecule has 5 rings (SSSR count). The molecule has 0 aliphatic heterocycles. The Morgan fingerprint density at radius 2 is 1.20 bits per heavy atom. The second-order valence-electron chi connectivity index (χ2n) is 6.25. The maximum atomic E-state index is 4.77. The number of aromatic amines is 2. The number of para-hydroxylation sites is 4. The third-order valence-electron chi connectivity index (χ3n) is 4.46. The van der Waals surface area contributed by atoms with Crippen LogP contribution in [-0.2, 0) is 0 Å². The predicted molar refractivity (Wildman–Crippen MR) is 101 cm³/mol. The molecule has 2 aromatic heterocycles. The van der Waals surface area contributed by atoms with Gasteiger partial charge in [-0.2, -0.15) is 0 Å². The van der Waals surface area contributed by atoms with Crippen molar-refractivity contribution in [2.45, 2.75) is 6.92 Å². The molecule has 0 atom stereocenters. The molecule has 0 unspecified atom stereocenters. The highest BCUT2D eigenvalue weighted by Gasteiger charge is 2.14. The Kier molecular flexibility index (Phi) is 2.97. The third kappa shape index (κ3) is 2.31. The zero-order chi connectivity index (χ0) is 16.8. The molecule has 0 saturated carbocycles. The molecule has 4 heteroatoms. The van der Waals surface area contributed by atoms with Crippen molar-refractivity contribution in [3.63, 3.8) is 0 Å². The summed E-state index contributed by atoms with van der Waals surface area (Å²) < 4.78 is 0. The van der Waals surface area contributed by atoms with Crippen LogP contribution >= 0.6 is 0 Å². The summed E-state index contributed by atoms with van der Waals surface area (Å²) in [6.45, 7) is 2.09. The van der Waals surface area contributed by atoms with Gasteiger partial charge in [-0.1, -0.05) is 42.0 Å². The van der Waals surface area contributed by atoms with Gasteiger partial charge in [-0.25, -0.2) is 9.97 Å². The Labute approximate surface area is 144 Å². The van der Waals surface area contributed by atoms with E-state index < -0.39 is 0 Å². The quantitative estimate of drug-likeness (QED) is 0.475. The first-order valence-corrected chi connectivity index (χ1v) is 8.29. The number of nitrogens with one attached hydrogen (secondary N) is 2. The Hall–Kier alpha value is -3.40. The smallest absolute Gasteiger partial charge is 0.139 e. The summed E-state index contributed by atoms with van der Waals surface area (Å²) in [6, 6.07) is 22.5. The fourth-order valence-corrected chi connectivity index (χ4v) is 3.22. The Balaban J connectivity index is 1.75. The molecule has 0 aliphatic carbocycles. The lowest BCUT2D eigenvalue weighted by Crippen LogP contribution is -1.90. The van der Waals surface area contributed by atoms with E-state index in [0.717, 1.165) is 44.8 Å². The molecule has 2 heterocycles. The van der Waals surface area contributed by atoms with Crippen molar-refractivity contribution >= 4 is 22.1 Å². The Morgan fingerprint density at radius 3 is 1.80 bits per heavy atom. The minimum Gasteiger partial charge on any atom is -0.338 e. The lowest BCUT2D eigenvalue weighted by atomic mass is 10.0. The van der Waals surface area contributed by atoms with E-state index in [1.165, 1.54) is 5.56 Å². The average Bonchev–Trinajstić information content (AvgIpc) is 3.25. The zero-order valence-corrected chi connectivity index (χ0v) is 13.7. The van der Waals surface area contributed by atoms with Crippen molar-refractivity contribution in [2.75, 3.05) is 0 Å². The lowest BCUT2D eigenvalue weighted by Gasteiger charge is -2.06. The van der Waals surface area contributed by atoms with Gasteiger partial charge < -0.3 is 9.97 Å². The predicted octanol–water partition coefficient (Wildman–Crippen LogP) is 5.08. The number of aryl methyl sites for hydroxylation is 1.